The van der Waals surface area contributed by atoms with Crippen molar-refractivity contribution in [2.75, 3.05) is 26.2 Å². The van der Waals surface area contributed by atoms with Gasteiger partial charge in [0, 0.05) is 26.1 Å². The van der Waals surface area contributed by atoms with Gasteiger partial charge in [0.1, 0.15) is 0 Å². The zero-order valence-electron chi connectivity index (χ0n) is 9.45. The Morgan fingerprint density at radius 2 is 1.93 bits per heavy atom. The zero-order chi connectivity index (χ0) is 11.7. The molecule has 2 N–H and O–H groups in total. The minimum atomic E-state index is -0.868. The third kappa shape index (κ3) is 6.90. The summed E-state index contributed by atoms with van der Waals surface area (Å²) in [7, 11) is 0. The van der Waals surface area contributed by atoms with Crippen molar-refractivity contribution in [3.05, 3.63) is 0 Å². The molecule has 1 amide bonds. The van der Waals surface area contributed by atoms with Crippen LogP contribution >= 0.6 is 0 Å². The lowest BCUT2D eigenvalue weighted by molar-refractivity contribution is -0.138. The molecular formula is C10H20N2O3. The predicted octanol–water partition coefficient (Wildman–Crippen LogP) is 0.309. The summed E-state index contributed by atoms with van der Waals surface area (Å²) in [5.74, 6) is -0.854. The Labute approximate surface area is 90.5 Å². The molecule has 0 spiro atoms. The van der Waals surface area contributed by atoms with Crippen molar-refractivity contribution in [2.24, 2.45) is 0 Å². The van der Waals surface area contributed by atoms with Crippen molar-refractivity contribution in [1.29, 1.82) is 0 Å². The molecule has 5 nitrogen and oxygen atoms in total. The molecule has 0 aliphatic heterocycles. The maximum Gasteiger partial charge on any atom is 0.305 e. The molecule has 0 saturated heterocycles. The number of nitrogens with zero attached hydrogens (tertiary/aromatic N) is 1. The first-order valence-electron chi connectivity index (χ1n) is 5.32. The Hall–Kier alpha value is -1.10. The maximum absolute atomic E-state index is 11.6. The van der Waals surface area contributed by atoms with Crippen LogP contribution in [0, 0.1) is 0 Å². The van der Waals surface area contributed by atoms with Crippen molar-refractivity contribution in [3.8, 4) is 0 Å². The molecule has 0 bridgehead atoms. The van der Waals surface area contributed by atoms with Gasteiger partial charge in [0.25, 0.3) is 0 Å². The number of nitrogens with one attached hydrogen (secondary N) is 1. The minimum Gasteiger partial charge on any atom is -0.481 e. The second kappa shape index (κ2) is 8.23. The van der Waals surface area contributed by atoms with Crippen molar-refractivity contribution in [3.63, 3.8) is 0 Å². The van der Waals surface area contributed by atoms with Gasteiger partial charge in [0.2, 0.25) is 5.91 Å². The van der Waals surface area contributed by atoms with Gasteiger partial charge in [-0.1, -0.05) is 6.92 Å². The third-order valence-electron chi connectivity index (χ3n) is 2.10. The Balaban J connectivity index is 3.82. The molecule has 0 aliphatic rings. The average Bonchev–Trinajstić information content (AvgIpc) is 2.18. The molecule has 0 aromatic carbocycles. The highest BCUT2D eigenvalue weighted by molar-refractivity contribution is 5.77. The highest BCUT2D eigenvalue weighted by Crippen LogP contribution is 1.96. The molecule has 0 unspecified atom stereocenters. The number of carboxylic acids is 1. The van der Waals surface area contributed by atoms with Crippen molar-refractivity contribution in [1.82, 2.24) is 10.2 Å². The van der Waals surface area contributed by atoms with Gasteiger partial charge in [-0.3, -0.25) is 9.59 Å². The van der Waals surface area contributed by atoms with Gasteiger partial charge in [-0.15, -0.1) is 0 Å². The van der Waals surface area contributed by atoms with E-state index in [2.05, 4.69) is 5.32 Å². The van der Waals surface area contributed by atoms with Gasteiger partial charge in [-0.05, 0) is 13.5 Å². The zero-order valence-corrected chi connectivity index (χ0v) is 9.45. The Morgan fingerprint density at radius 1 is 1.27 bits per heavy atom. The molecular weight excluding hydrogens is 196 g/mol. The molecule has 0 saturated carbocycles. The Morgan fingerprint density at radius 3 is 2.40 bits per heavy atom. The number of hydrogen-bond donors (Lipinski definition) is 2. The first-order chi connectivity index (χ1) is 7.11. The second-order valence-electron chi connectivity index (χ2n) is 3.22. The standard InChI is InChI=1S/C10H20N2O3/c1-3-11-7-5-9(13)12(4-2)8-6-10(14)15/h11H,3-8H2,1-2H3,(H,14,15). The van der Waals surface area contributed by atoms with Gasteiger partial charge < -0.3 is 15.3 Å². The number of rotatable bonds is 8. The molecule has 0 aromatic rings. The number of carbonyl (C=O) groups is 2. The molecule has 0 aliphatic carbocycles. The molecule has 0 aromatic heterocycles. The second-order valence-corrected chi connectivity index (χ2v) is 3.22. The lowest BCUT2D eigenvalue weighted by Crippen LogP contribution is -2.34. The predicted molar refractivity (Wildman–Crippen MR) is 57.7 cm³/mol. The fraction of sp³-hybridized carbons (Fsp3) is 0.800. The Kier molecular flexibility index (Phi) is 7.62. The van der Waals surface area contributed by atoms with Crippen LogP contribution < -0.4 is 5.32 Å². The number of hydrogen-bond acceptors (Lipinski definition) is 3. The van der Waals surface area contributed by atoms with Gasteiger partial charge in [0.05, 0.1) is 6.42 Å². The first-order valence-corrected chi connectivity index (χ1v) is 5.32. The SMILES string of the molecule is CCNCCC(=O)N(CC)CCC(=O)O. The van der Waals surface area contributed by atoms with Crippen LogP contribution in [0.5, 0.6) is 0 Å². The molecule has 0 fully saturated rings. The summed E-state index contributed by atoms with van der Waals surface area (Å²) in [4.78, 5) is 23.5. The van der Waals surface area contributed by atoms with Crippen LogP contribution in [0.15, 0.2) is 0 Å². The number of amides is 1. The maximum atomic E-state index is 11.6. The number of carboxylic acid groups (broad SMARTS) is 1. The van der Waals surface area contributed by atoms with Crippen molar-refractivity contribution < 1.29 is 14.7 Å². The highest BCUT2D eigenvalue weighted by Gasteiger charge is 2.11. The molecule has 5 heteroatoms. The molecule has 15 heavy (non-hydrogen) atoms. The van der Waals surface area contributed by atoms with Crippen molar-refractivity contribution in [2.45, 2.75) is 26.7 Å². The monoisotopic (exact) mass is 216 g/mol. The normalized spacial score (nSPS) is 10.0. The van der Waals surface area contributed by atoms with Crippen molar-refractivity contribution >= 4 is 11.9 Å². The van der Waals surface area contributed by atoms with Crippen LogP contribution in [0.4, 0.5) is 0 Å². The molecule has 0 rings (SSSR count). The quantitative estimate of drug-likeness (QED) is 0.573. The van der Waals surface area contributed by atoms with E-state index in [0.717, 1.165) is 6.54 Å². The summed E-state index contributed by atoms with van der Waals surface area (Å²) < 4.78 is 0. The van der Waals surface area contributed by atoms with Gasteiger partial charge in [0.15, 0.2) is 0 Å². The van der Waals surface area contributed by atoms with Crippen LogP contribution in [0.3, 0.4) is 0 Å². The van der Waals surface area contributed by atoms with Crippen LogP contribution in [-0.2, 0) is 9.59 Å². The van der Waals surface area contributed by atoms with E-state index in [1.54, 1.807) is 4.90 Å². The third-order valence-corrected chi connectivity index (χ3v) is 2.10. The van der Waals surface area contributed by atoms with E-state index in [1.165, 1.54) is 0 Å². The summed E-state index contributed by atoms with van der Waals surface area (Å²) in [5, 5.41) is 11.6. The van der Waals surface area contributed by atoms with E-state index in [9.17, 15) is 9.59 Å². The van der Waals surface area contributed by atoms with Gasteiger partial charge >= 0.3 is 5.97 Å². The number of carbonyl (C=O) groups excluding carboxylic acids is 1. The summed E-state index contributed by atoms with van der Waals surface area (Å²) >= 11 is 0. The lowest BCUT2D eigenvalue weighted by atomic mass is 10.3. The van der Waals surface area contributed by atoms with E-state index in [1.807, 2.05) is 13.8 Å². The van der Waals surface area contributed by atoms with E-state index in [0.29, 0.717) is 26.1 Å². The smallest absolute Gasteiger partial charge is 0.305 e. The summed E-state index contributed by atoms with van der Waals surface area (Å²) in [5.41, 5.74) is 0. The lowest BCUT2D eigenvalue weighted by Gasteiger charge is -2.19. The molecule has 0 radical (unpaired) electrons. The van der Waals surface area contributed by atoms with E-state index in [4.69, 9.17) is 5.11 Å². The highest BCUT2D eigenvalue weighted by atomic mass is 16.4. The molecule has 0 heterocycles. The van der Waals surface area contributed by atoms with Gasteiger partial charge in [-0.2, -0.15) is 0 Å². The summed E-state index contributed by atoms with van der Waals surface area (Å²) in [6.45, 7) is 6.20. The summed E-state index contributed by atoms with van der Waals surface area (Å²) in [6, 6.07) is 0. The molecule has 88 valence electrons. The first kappa shape index (κ1) is 13.9. The van der Waals surface area contributed by atoms with E-state index >= 15 is 0 Å². The fourth-order valence-corrected chi connectivity index (χ4v) is 1.22. The van der Waals surface area contributed by atoms with E-state index in [-0.39, 0.29) is 12.3 Å². The Bertz CT molecular complexity index is 207. The van der Waals surface area contributed by atoms with Crippen LogP contribution in [-0.4, -0.2) is 48.1 Å². The fourth-order valence-electron chi connectivity index (χ4n) is 1.22. The van der Waals surface area contributed by atoms with Crippen LogP contribution in [0.2, 0.25) is 0 Å². The molecule has 0 atom stereocenters. The summed E-state index contributed by atoms with van der Waals surface area (Å²) in [6.07, 6.45) is 0.447. The number of aliphatic carboxylic acids is 1. The minimum absolute atomic E-state index is 0.0136. The van der Waals surface area contributed by atoms with Crippen LogP contribution in [0.1, 0.15) is 26.7 Å². The van der Waals surface area contributed by atoms with Crippen LogP contribution in [0.25, 0.3) is 0 Å². The van der Waals surface area contributed by atoms with Gasteiger partial charge in [-0.25, -0.2) is 0 Å². The average molecular weight is 216 g/mol. The largest absolute Gasteiger partial charge is 0.481 e. The van der Waals surface area contributed by atoms with E-state index < -0.39 is 5.97 Å². The topological polar surface area (TPSA) is 69.6 Å².